The second-order valence-electron chi connectivity index (χ2n) is 6.41. The standard InChI is InChI=1S/C20H22FN3O3/c1-13(2)27-18-7-6-14(21)11-16(18)15-5-3-9-24-19(15)17(12-23-24)20(26)22-8-4-10-25/h3,5-7,9,11-13,25H,4,8,10H2,1-2H3,(H,22,26). The molecule has 7 heteroatoms. The maximum absolute atomic E-state index is 14.0. The van der Waals surface area contributed by atoms with Gasteiger partial charge in [0.05, 0.1) is 23.4 Å². The zero-order valence-corrected chi connectivity index (χ0v) is 15.3. The third kappa shape index (κ3) is 4.09. The van der Waals surface area contributed by atoms with Gasteiger partial charge in [-0.05, 0) is 44.5 Å². The fourth-order valence-electron chi connectivity index (χ4n) is 2.87. The van der Waals surface area contributed by atoms with E-state index in [1.54, 1.807) is 22.8 Å². The first-order valence-corrected chi connectivity index (χ1v) is 8.83. The highest BCUT2D eigenvalue weighted by Crippen LogP contribution is 2.35. The number of carbonyl (C=O) groups is 1. The number of fused-ring (bicyclic) bond motifs is 1. The lowest BCUT2D eigenvalue weighted by Gasteiger charge is -2.15. The number of aromatic nitrogens is 2. The van der Waals surface area contributed by atoms with E-state index in [-0.39, 0.29) is 18.6 Å². The Morgan fingerprint density at radius 2 is 2.15 bits per heavy atom. The molecule has 1 amide bonds. The molecule has 27 heavy (non-hydrogen) atoms. The van der Waals surface area contributed by atoms with Crippen molar-refractivity contribution in [1.29, 1.82) is 0 Å². The number of hydrogen-bond acceptors (Lipinski definition) is 4. The molecule has 0 bridgehead atoms. The van der Waals surface area contributed by atoms with Gasteiger partial charge in [-0.1, -0.05) is 6.07 Å². The van der Waals surface area contributed by atoms with Gasteiger partial charge in [0, 0.05) is 30.5 Å². The van der Waals surface area contributed by atoms with Crippen LogP contribution in [0.15, 0.2) is 42.7 Å². The number of carbonyl (C=O) groups excluding carboxylic acids is 1. The summed E-state index contributed by atoms with van der Waals surface area (Å²) in [5.74, 6) is -0.155. The molecule has 0 radical (unpaired) electrons. The molecule has 2 N–H and O–H groups in total. The van der Waals surface area contributed by atoms with Crippen molar-refractivity contribution in [3.63, 3.8) is 0 Å². The van der Waals surface area contributed by atoms with Crippen LogP contribution in [-0.2, 0) is 0 Å². The molecule has 2 aromatic heterocycles. The van der Waals surface area contributed by atoms with E-state index < -0.39 is 5.82 Å². The van der Waals surface area contributed by atoms with E-state index >= 15 is 0 Å². The Morgan fingerprint density at radius 1 is 1.33 bits per heavy atom. The van der Waals surface area contributed by atoms with Crippen molar-refractivity contribution in [1.82, 2.24) is 14.9 Å². The second-order valence-corrected chi connectivity index (χ2v) is 6.41. The van der Waals surface area contributed by atoms with Crippen molar-refractivity contribution < 1.29 is 19.0 Å². The number of rotatable bonds is 7. The van der Waals surface area contributed by atoms with Gasteiger partial charge in [0.15, 0.2) is 0 Å². The number of aliphatic hydroxyl groups is 1. The number of benzene rings is 1. The first-order chi connectivity index (χ1) is 13.0. The van der Waals surface area contributed by atoms with Crippen LogP contribution < -0.4 is 10.1 Å². The van der Waals surface area contributed by atoms with E-state index in [9.17, 15) is 9.18 Å². The summed E-state index contributed by atoms with van der Waals surface area (Å²) in [4.78, 5) is 12.6. The molecule has 0 fully saturated rings. The Hall–Kier alpha value is -2.93. The predicted molar refractivity (Wildman–Crippen MR) is 100 cm³/mol. The molecule has 0 aliphatic carbocycles. The third-order valence-corrected chi connectivity index (χ3v) is 4.00. The van der Waals surface area contributed by atoms with E-state index in [1.807, 2.05) is 19.9 Å². The van der Waals surface area contributed by atoms with Crippen molar-refractivity contribution in [2.24, 2.45) is 0 Å². The third-order valence-electron chi connectivity index (χ3n) is 4.00. The van der Waals surface area contributed by atoms with Crippen LogP contribution in [0.3, 0.4) is 0 Å². The largest absolute Gasteiger partial charge is 0.490 e. The molecular formula is C20H22FN3O3. The zero-order chi connectivity index (χ0) is 19.4. The van der Waals surface area contributed by atoms with Gasteiger partial charge < -0.3 is 15.2 Å². The Morgan fingerprint density at radius 3 is 2.89 bits per heavy atom. The summed E-state index contributed by atoms with van der Waals surface area (Å²) >= 11 is 0. The molecule has 0 spiro atoms. The summed E-state index contributed by atoms with van der Waals surface area (Å²) in [5, 5.41) is 15.9. The Balaban J connectivity index is 2.12. The minimum absolute atomic E-state index is 0.000513. The topological polar surface area (TPSA) is 75.9 Å². The van der Waals surface area contributed by atoms with Gasteiger partial charge in [-0.15, -0.1) is 0 Å². The number of amides is 1. The van der Waals surface area contributed by atoms with Crippen LogP contribution in [0.4, 0.5) is 4.39 Å². The Labute approximate surface area is 156 Å². The van der Waals surface area contributed by atoms with Gasteiger partial charge in [0.1, 0.15) is 11.6 Å². The van der Waals surface area contributed by atoms with Crippen LogP contribution in [-0.4, -0.2) is 39.9 Å². The summed E-state index contributed by atoms with van der Waals surface area (Å²) in [6.07, 6.45) is 3.59. The summed E-state index contributed by atoms with van der Waals surface area (Å²) in [7, 11) is 0. The molecule has 3 aromatic rings. The molecule has 0 aliphatic heterocycles. The summed E-state index contributed by atoms with van der Waals surface area (Å²) in [5.41, 5.74) is 2.15. The molecule has 1 aromatic carbocycles. The van der Waals surface area contributed by atoms with E-state index in [0.29, 0.717) is 40.9 Å². The van der Waals surface area contributed by atoms with Crippen molar-refractivity contribution >= 4 is 11.4 Å². The quantitative estimate of drug-likeness (QED) is 0.626. The van der Waals surface area contributed by atoms with Gasteiger partial charge in [0.2, 0.25) is 0 Å². The zero-order valence-electron chi connectivity index (χ0n) is 15.3. The minimum Gasteiger partial charge on any atom is -0.490 e. The molecular weight excluding hydrogens is 349 g/mol. The first kappa shape index (κ1) is 18.8. The van der Waals surface area contributed by atoms with Crippen LogP contribution in [0.2, 0.25) is 0 Å². The Kier molecular flexibility index (Phi) is 5.71. The molecule has 2 heterocycles. The first-order valence-electron chi connectivity index (χ1n) is 8.83. The molecule has 0 aliphatic rings. The van der Waals surface area contributed by atoms with Gasteiger partial charge in [-0.25, -0.2) is 8.91 Å². The van der Waals surface area contributed by atoms with E-state index in [2.05, 4.69) is 10.4 Å². The molecule has 0 saturated carbocycles. The van der Waals surface area contributed by atoms with Crippen molar-refractivity contribution in [3.8, 4) is 16.9 Å². The van der Waals surface area contributed by atoms with Gasteiger partial charge in [0.25, 0.3) is 5.91 Å². The smallest absolute Gasteiger partial charge is 0.255 e. The molecule has 0 unspecified atom stereocenters. The molecule has 0 atom stereocenters. The summed E-state index contributed by atoms with van der Waals surface area (Å²) in [6, 6.07) is 7.93. The number of halogens is 1. The van der Waals surface area contributed by atoms with Crippen LogP contribution in [0.25, 0.3) is 16.6 Å². The highest BCUT2D eigenvalue weighted by atomic mass is 19.1. The average Bonchev–Trinajstić information content (AvgIpc) is 3.07. The van der Waals surface area contributed by atoms with Gasteiger partial charge >= 0.3 is 0 Å². The SMILES string of the molecule is CC(C)Oc1ccc(F)cc1-c1cccn2ncc(C(=O)NCCCO)c12. The second kappa shape index (κ2) is 8.18. The maximum atomic E-state index is 14.0. The van der Waals surface area contributed by atoms with Crippen LogP contribution in [0.5, 0.6) is 5.75 Å². The number of pyridine rings is 1. The highest BCUT2D eigenvalue weighted by molar-refractivity contribution is 6.05. The molecule has 6 nitrogen and oxygen atoms in total. The van der Waals surface area contributed by atoms with E-state index in [0.717, 1.165) is 0 Å². The minimum atomic E-state index is -0.392. The molecule has 142 valence electrons. The number of aliphatic hydroxyl groups excluding tert-OH is 1. The van der Waals surface area contributed by atoms with Crippen LogP contribution >= 0.6 is 0 Å². The number of hydrogen-bond donors (Lipinski definition) is 2. The number of nitrogens with one attached hydrogen (secondary N) is 1. The maximum Gasteiger partial charge on any atom is 0.255 e. The normalized spacial score (nSPS) is 11.1. The lowest BCUT2D eigenvalue weighted by Crippen LogP contribution is -2.25. The monoisotopic (exact) mass is 371 g/mol. The predicted octanol–water partition coefficient (Wildman–Crippen LogP) is 3.04. The van der Waals surface area contributed by atoms with Crippen LogP contribution in [0, 0.1) is 5.82 Å². The summed E-state index contributed by atoms with van der Waals surface area (Å²) in [6.45, 7) is 4.15. The lowest BCUT2D eigenvalue weighted by molar-refractivity contribution is 0.0952. The van der Waals surface area contributed by atoms with Gasteiger partial charge in [-0.3, -0.25) is 4.79 Å². The molecule has 3 rings (SSSR count). The van der Waals surface area contributed by atoms with Crippen LogP contribution in [0.1, 0.15) is 30.6 Å². The van der Waals surface area contributed by atoms with E-state index in [4.69, 9.17) is 9.84 Å². The number of nitrogens with zero attached hydrogens (tertiary/aromatic N) is 2. The summed E-state index contributed by atoms with van der Waals surface area (Å²) < 4.78 is 21.4. The fraction of sp³-hybridized carbons (Fsp3) is 0.300. The van der Waals surface area contributed by atoms with Crippen molar-refractivity contribution in [3.05, 3.63) is 54.1 Å². The van der Waals surface area contributed by atoms with Crippen molar-refractivity contribution in [2.75, 3.05) is 13.2 Å². The lowest BCUT2D eigenvalue weighted by atomic mass is 10.0. The molecule has 0 saturated heterocycles. The van der Waals surface area contributed by atoms with E-state index in [1.165, 1.54) is 18.3 Å². The van der Waals surface area contributed by atoms with Crippen molar-refractivity contribution in [2.45, 2.75) is 26.4 Å². The highest BCUT2D eigenvalue weighted by Gasteiger charge is 2.19. The van der Waals surface area contributed by atoms with Gasteiger partial charge in [-0.2, -0.15) is 5.10 Å². The Bertz CT molecular complexity index is 953. The average molecular weight is 371 g/mol. The number of ether oxygens (including phenoxy) is 1. The fourth-order valence-corrected chi connectivity index (χ4v) is 2.87.